The molecule has 1 heterocycles. The lowest BCUT2D eigenvalue weighted by Gasteiger charge is -2.15. The predicted octanol–water partition coefficient (Wildman–Crippen LogP) is 8.58. The third-order valence-corrected chi connectivity index (χ3v) is 6.85. The van der Waals surface area contributed by atoms with Gasteiger partial charge in [0.15, 0.2) is 0 Å². The molecule has 0 fully saturated rings. The molecule has 206 valence electrons. The number of hydrogen-bond donors (Lipinski definition) is 0. The van der Waals surface area contributed by atoms with E-state index < -0.39 is 12.0 Å². The number of nitrogens with zero attached hydrogens (tertiary/aromatic N) is 2. The second kappa shape index (κ2) is 11.7. The third-order valence-electron chi connectivity index (χ3n) is 6.20. The Labute approximate surface area is 238 Å². The van der Waals surface area contributed by atoms with Gasteiger partial charge in [0, 0.05) is 11.1 Å². The number of aromatic nitrogens is 2. The molecule has 0 aliphatic rings. The molecule has 40 heavy (non-hydrogen) atoms. The first-order valence-corrected chi connectivity index (χ1v) is 12.9. The molecule has 0 bridgehead atoms. The summed E-state index contributed by atoms with van der Waals surface area (Å²) in [6.07, 6.45) is -4.70. The van der Waals surface area contributed by atoms with E-state index in [1.54, 1.807) is 37.4 Å². The number of rotatable bonds is 9. The highest BCUT2D eigenvalue weighted by molar-refractivity contribution is 6.36. The summed E-state index contributed by atoms with van der Waals surface area (Å²) in [5.74, 6) is 0.366. The van der Waals surface area contributed by atoms with Gasteiger partial charge in [0.1, 0.15) is 30.5 Å². The minimum absolute atomic E-state index is 0.181. The van der Waals surface area contributed by atoms with Crippen LogP contribution < -0.4 is 14.2 Å². The van der Waals surface area contributed by atoms with Gasteiger partial charge >= 0.3 is 6.18 Å². The van der Waals surface area contributed by atoms with Crippen LogP contribution in [-0.2, 0) is 25.9 Å². The number of hydrogen-bond acceptors (Lipinski definition) is 4. The third kappa shape index (κ3) is 6.29. The Morgan fingerprint density at radius 3 is 2.15 bits per heavy atom. The minimum Gasteiger partial charge on any atom is -0.497 e. The van der Waals surface area contributed by atoms with Crippen molar-refractivity contribution in [2.45, 2.75) is 25.9 Å². The zero-order valence-electron chi connectivity index (χ0n) is 21.2. The minimum atomic E-state index is -4.70. The largest absolute Gasteiger partial charge is 0.497 e. The van der Waals surface area contributed by atoms with Gasteiger partial charge in [-0.3, -0.25) is 0 Å². The summed E-state index contributed by atoms with van der Waals surface area (Å²) in [5.41, 5.74) is 2.61. The molecular formula is C30H23Cl2F3N2O3. The number of alkyl halides is 3. The zero-order chi connectivity index (χ0) is 28.3. The van der Waals surface area contributed by atoms with E-state index in [2.05, 4.69) is 4.98 Å². The molecule has 0 amide bonds. The molecule has 5 nitrogen and oxygen atoms in total. The topological polar surface area (TPSA) is 45.5 Å². The van der Waals surface area contributed by atoms with Crippen LogP contribution in [0, 0.1) is 0 Å². The van der Waals surface area contributed by atoms with Crippen LogP contribution in [0.15, 0.2) is 84.9 Å². The molecule has 0 radical (unpaired) electrons. The second-order valence-corrected chi connectivity index (χ2v) is 9.77. The van der Waals surface area contributed by atoms with Crippen molar-refractivity contribution in [3.05, 3.63) is 117 Å². The number of halogens is 5. The second-order valence-electron chi connectivity index (χ2n) is 8.95. The van der Waals surface area contributed by atoms with Gasteiger partial charge in [-0.1, -0.05) is 65.7 Å². The lowest BCUT2D eigenvalue weighted by molar-refractivity contribution is -0.146. The summed E-state index contributed by atoms with van der Waals surface area (Å²) in [5, 5.41) is 0.443. The fourth-order valence-corrected chi connectivity index (χ4v) is 4.66. The first-order valence-electron chi connectivity index (χ1n) is 12.2. The summed E-state index contributed by atoms with van der Waals surface area (Å²) >= 11 is 12.8. The number of methoxy groups -OCH3 is 1. The Balaban J connectivity index is 1.45. The van der Waals surface area contributed by atoms with E-state index in [1.165, 1.54) is 12.1 Å². The molecule has 0 saturated heterocycles. The molecule has 4 aromatic carbocycles. The van der Waals surface area contributed by atoms with Gasteiger partial charge in [-0.15, -0.1) is 0 Å². The first-order chi connectivity index (χ1) is 19.2. The molecule has 0 N–H and O–H groups in total. The van der Waals surface area contributed by atoms with Crippen LogP contribution in [0.25, 0.3) is 11.0 Å². The van der Waals surface area contributed by atoms with E-state index >= 15 is 0 Å². The molecule has 0 saturated carbocycles. The van der Waals surface area contributed by atoms with Crippen molar-refractivity contribution >= 4 is 34.2 Å². The molecule has 5 rings (SSSR count). The van der Waals surface area contributed by atoms with Crippen molar-refractivity contribution in [2.75, 3.05) is 7.11 Å². The standard InChI is InChI=1S/C30H23Cl2F3N2O3/c1-38-22-9-7-20(8-10-22)18-40-28-13-21(24(31)15-25(28)32)16-37-27-14-23(39-17-19-5-3-2-4-6-19)11-12-26(27)36-29(37)30(33,34)35/h2-15H,16-18H2,1H3. The predicted molar refractivity (Wildman–Crippen MR) is 148 cm³/mol. The van der Waals surface area contributed by atoms with Gasteiger partial charge in [-0.05, 0) is 53.1 Å². The Bertz CT molecular complexity index is 1620. The lowest BCUT2D eigenvalue weighted by atomic mass is 10.2. The summed E-state index contributed by atoms with van der Waals surface area (Å²) < 4.78 is 60.2. The van der Waals surface area contributed by atoms with Gasteiger partial charge in [-0.25, -0.2) is 4.98 Å². The number of fused-ring (bicyclic) bond motifs is 1. The van der Waals surface area contributed by atoms with E-state index in [0.717, 1.165) is 15.7 Å². The van der Waals surface area contributed by atoms with Crippen LogP contribution >= 0.6 is 23.2 Å². The molecule has 10 heteroatoms. The van der Waals surface area contributed by atoms with E-state index in [0.29, 0.717) is 22.8 Å². The van der Waals surface area contributed by atoms with Crippen molar-refractivity contribution in [2.24, 2.45) is 0 Å². The SMILES string of the molecule is COc1ccc(COc2cc(Cn3c(C(F)(F)F)nc4ccc(OCc5ccccc5)cc43)c(Cl)cc2Cl)cc1. The lowest BCUT2D eigenvalue weighted by Crippen LogP contribution is -2.16. The Hall–Kier alpha value is -3.88. The monoisotopic (exact) mass is 586 g/mol. The molecule has 0 spiro atoms. The Morgan fingerprint density at radius 2 is 1.45 bits per heavy atom. The molecular weight excluding hydrogens is 564 g/mol. The van der Waals surface area contributed by atoms with Gasteiger partial charge in [0.2, 0.25) is 5.82 Å². The van der Waals surface area contributed by atoms with Crippen molar-refractivity contribution in [1.29, 1.82) is 0 Å². The molecule has 0 aliphatic carbocycles. The van der Waals surface area contributed by atoms with Crippen LogP contribution in [0.2, 0.25) is 10.0 Å². The Morgan fingerprint density at radius 1 is 0.775 bits per heavy atom. The molecule has 5 aromatic rings. The van der Waals surface area contributed by atoms with Crippen LogP contribution in [-0.4, -0.2) is 16.7 Å². The van der Waals surface area contributed by atoms with Crippen molar-refractivity contribution in [3.63, 3.8) is 0 Å². The Kier molecular flexibility index (Phi) is 8.09. The normalized spacial score (nSPS) is 11.6. The summed E-state index contributed by atoms with van der Waals surface area (Å²) in [6.45, 7) is 0.238. The number of ether oxygens (including phenoxy) is 3. The van der Waals surface area contributed by atoms with E-state index in [-0.39, 0.29) is 40.8 Å². The number of benzene rings is 4. The van der Waals surface area contributed by atoms with E-state index in [4.69, 9.17) is 37.4 Å². The smallest absolute Gasteiger partial charge is 0.449 e. The van der Waals surface area contributed by atoms with E-state index in [9.17, 15) is 13.2 Å². The van der Waals surface area contributed by atoms with Gasteiger partial charge in [0.05, 0.1) is 29.7 Å². The highest BCUT2D eigenvalue weighted by atomic mass is 35.5. The quantitative estimate of drug-likeness (QED) is 0.173. The zero-order valence-corrected chi connectivity index (χ0v) is 22.7. The average Bonchev–Trinajstić information content (AvgIpc) is 3.32. The number of imidazole rings is 1. The van der Waals surface area contributed by atoms with Gasteiger partial charge < -0.3 is 18.8 Å². The maximum atomic E-state index is 14.1. The highest BCUT2D eigenvalue weighted by Gasteiger charge is 2.38. The first kappa shape index (κ1) is 27.7. The van der Waals surface area contributed by atoms with Crippen LogP contribution in [0.3, 0.4) is 0 Å². The molecule has 0 unspecified atom stereocenters. The fourth-order valence-electron chi connectivity index (χ4n) is 4.17. The van der Waals surface area contributed by atoms with Gasteiger partial charge in [-0.2, -0.15) is 13.2 Å². The maximum absolute atomic E-state index is 14.1. The molecule has 0 aliphatic heterocycles. The van der Waals surface area contributed by atoms with Gasteiger partial charge in [0.25, 0.3) is 0 Å². The molecule has 1 aromatic heterocycles. The van der Waals surface area contributed by atoms with Crippen LogP contribution in [0.4, 0.5) is 13.2 Å². The van der Waals surface area contributed by atoms with Crippen molar-refractivity contribution in [1.82, 2.24) is 9.55 Å². The maximum Gasteiger partial charge on any atom is 0.449 e. The fraction of sp³-hybridized carbons (Fsp3) is 0.167. The van der Waals surface area contributed by atoms with Crippen LogP contribution in [0.1, 0.15) is 22.5 Å². The average molecular weight is 587 g/mol. The van der Waals surface area contributed by atoms with E-state index in [1.807, 2.05) is 42.5 Å². The summed E-state index contributed by atoms with van der Waals surface area (Å²) in [7, 11) is 1.58. The summed E-state index contributed by atoms with van der Waals surface area (Å²) in [6, 6.07) is 24.4. The molecule has 0 atom stereocenters. The van der Waals surface area contributed by atoms with Crippen LogP contribution in [0.5, 0.6) is 17.2 Å². The highest BCUT2D eigenvalue weighted by Crippen LogP contribution is 2.36. The van der Waals surface area contributed by atoms with Crippen molar-refractivity contribution < 1.29 is 27.4 Å². The van der Waals surface area contributed by atoms with Crippen molar-refractivity contribution in [3.8, 4) is 17.2 Å². The summed E-state index contributed by atoms with van der Waals surface area (Å²) in [4.78, 5) is 3.87.